The van der Waals surface area contributed by atoms with Gasteiger partial charge in [0, 0.05) is 11.5 Å². The van der Waals surface area contributed by atoms with Crippen molar-refractivity contribution in [2.75, 3.05) is 12.0 Å². The number of carbonyl (C=O) groups excluding carboxylic acids is 2. The van der Waals surface area contributed by atoms with Crippen LogP contribution in [0.5, 0.6) is 0 Å². The molecule has 0 aromatic heterocycles. The molecule has 0 unspecified atom stereocenters. The first-order valence-corrected chi connectivity index (χ1v) is 8.08. The molecular weight excluding hydrogens is 314 g/mol. The first-order valence-electron chi connectivity index (χ1n) is 8.08. The molecule has 1 aliphatic rings. The highest BCUT2D eigenvalue weighted by molar-refractivity contribution is 6.21. The summed E-state index contributed by atoms with van der Waals surface area (Å²) in [5, 5.41) is 0. The van der Waals surface area contributed by atoms with Gasteiger partial charge in [-0.05, 0) is 30.7 Å². The molecule has 0 spiro atoms. The number of amides is 2. The van der Waals surface area contributed by atoms with Gasteiger partial charge in [-0.2, -0.15) is 0 Å². The van der Waals surface area contributed by atoms with E-state index < -0.39 is 11.5 Å². The minimum Gasteiger partial charge on any atom is -0.452 e. The summed E-state index contributed by atoms with van der Waals surface area (Å²) in [6.07, 6.45) is -0.676. The van der Waals surface area contributed by atoms with E-state index in [1.165, 1.54) is 7.11 Å². The van der Waals surface area contributed by atoms with Gasteiger partial charge in [0.25, 0.3) is 0 Å². The Morgan fingerprint density at radius 1 is 1.12 bits per heavy atom. The standard InChI is InChI=1S/C21H19NO3/c1-15(13-14-16-9-5-4-6-10-16)21(2)17-11-7-8-12-18(17)22(19(21)23)20(24)25-3/h4-12,15H,1-3H3/t15-,21+/m0/s1. The lowest BCUT2D eigenvalue weighted by atomic mass is 9.73. The van der Waals surface area contributed by atoms with Gasteiger partial charge in [0.15, 0.2) is 0 Å². The Morgan fingerprint density at radius 3 is 2.44 bits per heavy atom. The van der Waals surface area contributed by atoms with Gasteiger partial charge in [-0.1, -0.05) is 55.2 Å². The van der Waals surface area contributed by atoms with Crippen molar-refractivity contribution in [3.63, 3.8) is 0 Å². The lowest BCUT2D eigenvalue weighted by molar-refractivity contribution is -0.123. The van der Waals surface area contributed by atoms with Gasteiger partial charge in [0.05, 0.1) is 18.2 Å². The van der Waals surface area contributed by atoms with Crippen LogP contribution in [-0.2, 0) is 14.9 Å². The second-order valence-corrected chi connectivity index (χ2v) is 6.19. The summed E-state index contributed by atoms with van der Waals surface area (Å²) in [4.78, 5) is 26.3. The lowest BCUT2D eigenvalue weighted by Crippen LogP contribution is -2.44. The number of hydrogen-bond donors (Lipinski definition) is 0. The molecular formula is C21H19NO3. The number of benzene rings is 2. The van der Waals surface area contributed by atoms with Crippen LogP contribution >= 0.6 is 0 Å². The molecule has 0 saturated carbocycles. The summed E-state index contributed by atoms with van der Waals surface area (Å²) in [6, 6.07) is 16.9. The number of nitrogens with zero attached hydrogens (tertiary/aromatic N) is 1. The third-order valence-corrected chi connectivity index (χ3v) is 4.78. The zero-order chi connectivity index (χ0) is 18.0. The Hall–Kier alpha value is -3.06. The van der Waals surface area contributed by atoms with Gasteiger partial charge < -0.3 is 4.74 Å². The molecule has 0 fully saturated rings. The summed E-state index contributed by atoms with van der Waals surface area (Å²) in [6.45, 7) is 3.74. The molecule has 4 nitrogen and oxygen atoms in total. The van der Waals surface area contributed by atoms with E-state index in [-0.39, 0.29) is 11.8 Å². The Kier molecular flexibility index (Phi) is 4.33. The van der Waals surface area contributed by atoms with Crippen molar-refractivity contribution in [1.29, 1.82) is 0 Å². The van der Waals surface area contributed by atoms with Crippen molar-refractivity contribution in [1.82, 2.24) is 0 Å². The summed E-state index contributed by atoms with van der Waals surface area (Å²) in [5.74, 6) is 5.71. The first kappa shape index (κ1) is 16.8. The second kappa shape index (κ2) is 6.45. The van der Waals surface area contributed by atoms with Crippen molar-refractivity contribution in [3.8, 4) is 11.8 Å². The van der Waals surface area contributed by atoms with Crippen LogP contribution in [0.3, 0.4) is 0 Å². The van der Waals surface area contributed by atoms with Crippen LogP contribution in [0.25, 0.3) is 0 Å². The number of ether oxygens (including phenoxy) is 1. The average molecular weight is 333 g/mol. The summed E-state index contributed by atoms with van der Waals surface area (Å²) < 4.78 is 4.79. The molecule has 1 heterocycles. The molecule has 0 saturated heterocycles. The van der Waals surface area contributed by atoms with Crippen molar-refractivity contribution >= 4 is 17.7 Å². The SMILES string of the molecule is COC(=O)N1C(=O)[C@](C)([C@@H](C)C#Cc2ccccc2)c2ccccc21. The van der Waals surface area contributed by atoms with Gasteiger partial charge in [0.2, 0.25) is 5.91 Å². The van der Waals surface area contributed by atoms with E-state index in [1.807, 2.05) is 56.3 Å². The smallest absolute Gasteiger partial charge is 0.420 e. The number of methoxy groups -OCH3 is 1. The number of rotatable bonds is 1. The third kappa shape index (κ3) is 2.68. The Morgan fingerprint density at radius 2 is 1.76 bits per heavy atom. The van der Waals surface area contributed by atoms with Crippen LogP contribution in [0, 0.1) is 17.8 Å². The second-order valence-electron chi connectivity index (χ2n) is 6.19. The van der Waals surface area contributed by atoms with Gasteiger partial charge in [-0.3, -0.25) is 4.79 Å². The maximum Gasteiger partial charge on any atom is 0.420 e. The highest BCUT2D eigenvalue weighted by atomic mass is 16.5. The zero-order valence-electron chi connectivity index (χ0n) is 14.4. The molecule has 3 rings (SSSR count). The highest BCUT2D eigenvalue weighted by Crippen LogP contribution is 2.46. The van der Waals surface area contributed by atoms with Gasteiger partial charge in [-0.25, -0.2) is 9.69 Å². The van der Waals surface area contributed by atoms with Crippen molar-refractivity contribution in [2.45, 2.75) is 19.3 Å². The van der Waals surface area contributed by atoms with Crippen LogP contribution in [0.1, 0.15) is 25.0 Å². The molecule has 1 aliphatic heterocycles. The lowest BCUT2D eigenvalue weighted by Gasteiger charge is -2.27. The molecule has 2 aromatic rings. The fourth-order valence-corrected chi connectivity index (χ4v) is 3.11. The average Bonchev–Trinajstić information content (AvgIpc) is 2.89. The van der Waals surface area contributed by atoms with Gasteiger partial charge in [-0.15, -0.1) is 0 Å². The Labute approximate surface area is 147 Å². The molecule has 4 heteroatoms. The molecule has 2 amide bonds. The van der Waals surface area contributed by atoms with Gasteiger partial charge >= 0.3 is 6.09 Å². The predicted octanol–water partition coefficient (Wildman–Crippen LogP) is 3.75. The maximum atomic E-state index is 13.1. The predicted molar refractivity (Wildman–Crippen MR) is 96.2 cm³/mol. The normalized spacial score (nSPS) is 19.6. The third-order valence-electron chi connectivity index (χ3n) is 4.78. The van der Waals surface area contributed by atoms with E-state index in [4.69, 9.17) is 4.74 Å². The van der Waals surface area contributed by atoms with E-state index in [1.54, 1.807) is 12.1 Å². The van der Waals surface area contributed by atoms with Gasteiger partial charge in [0.1, 0.15) is 0 Å². The summed E-state index contributed by atoms with van der Waals surface area (Å²) in [5.41, 5.74) is 1.34. The number of anilines is 1. The monoisotopic (exact) mass is 333 g/mol. The molecule has 0 aliphatic carbocycles. The van der Waals surface area contributed by atoms with Crippen molar-refractivity contribution < 1.29 is 14.3 Å². The quantitative estimate of drug-likeness (QED) is 0.747. The number of hydrogen-bond acceptors (Lipinski definition) is 3. The zero-order valence-corrected chi connectivity index (χ0v) is 14.4. The largest absolute Gasteiger partial charge is 0.452 e. The maximum absolute atomic E-state index is 13.1. The molecule has 0 N–H and O–H groups in total. The van der Waals surface area contributed by atoms with Crippen LogP contribution in [-0.4, -0.2) is 19.1 Å². The highest BCUT2D eigenvalue weighted by Gasteiger charge is 2.52. The minimum atomic E-state index is -0.910. The minimum absolute atomic E-state index is 0.281. The Balaban J connectivity index is 2.04. The fourth-order valence-electron chi connectivity index (χ4n) is 3.11. The van der Waals surface area contributed by atoms with Crippen LogP contribution < -0.4 is 4.90 Å². The number of para-hydroxylation sites is 1. The first-order chi connectivity index (χ1) is 12.0. The Bertz CT molecular complexity index is 879. The van der Waals surface area contributed by atoms with Crippen molar-refractivity contribution in [3.05, 3.63) is 65.7 Å². The molecule has 2 atom stereocenters. The summed E-state index contributed by atoms with van der Waals surface area (Å²) >= 11 is 0. The van der Waals surface area contributed by atoms with E-state index in [2.05, 4.69) is 11.8 Å². The molecule has 25 heavy (non-hydrogen) atoms. The molecule has 2 aromatic carbocycles. The van der Waals surface area contributed by atoms with Crippen LogP contribution in [0.15, 0.2) is 54.6 Å². The molecule has 0 bridgehead atoms. The number of carbonyl (C=O) groups is 2. The van der Waals surface area contributed by atoms with Crippen LogP contribution in [0.2, 0.25) is 0 Å². The van der Waals surface area contributed by atoms with E-state index in [0.29, 0.717) is 5.69 Å². The van der Waals surface area contributed by atoms with Crippen LogP contribution in [0.4, 0.5) is 10.5 Å². The van der Waals surface area contributed by atoms with Crippen molar-refractivity contribution in [2.24, 2.45) is 5.92 Å². The van der Waals surface area contributed by atoms with E-state index >= 15 is 0 Å². The summed E-state index contributed by atoms with van der Waals surface area (Å²) in [7, 11) is 1.27. The molecule has 126 valence electrons. The fraction of sp³-hybridized carbons (Fsp3) is 0.238. The number of imide groups is 1. The van der Waals surface area contributed by atoms with E-state index in [9.17, 15) is 9.59 Å². The van der Waals surface area contributed by atoms with E-state index in [0.717, 1.165) is 16.0 Å². The topological polar surface area (TPSA) is 46.6 Å². The molecule has 0 radical (unpaired) electrons. The number of fused-ring (bicyclic) bond motifs is 1.